The lowest BCUT2D eigenvalue weighted by atomic mass is 10.3. The summed E-state index contributed by atoms with van der Waals surface area (Å²) < 4.78 is 3.12. The van der Waals surface area contributed by atoms with Gasteiger partial charge in [-0.3, -0.25) is 9.67 Å². The molecule has 0 radical (unpaired) electrons. The van der Waals surface area contributed by atoms with Crippen LogP contribution >= 0.6 is 15.9 Å². The second kappa shape index (κ2) is 6.11. The summed E-state index contributed by atoms with van der Waals surface area (Å²) in [5.41, 5.74) is 3.27. The minimum atomic E-state index is 0.793. The Morgan fingerprint density at radius 1 is 1.33 bits per heavy atom. The molecule has 1 N–H and O–H groups in total. The van der Waals surface area contributed by atoms with Gasteiger partial charge in [0.25, 0.3) is 0 Å². The number of hydrogen-bond acceptors (Lipinski definition) is 3. The second-order valence-electron chi connectivity index (χ2n) is 4.21. The first kappa shape index (κ1) is 13.2. The van der Waals surface area contributed by atoms with Gasteiger partial charge in [-0.25, -0.2) is 0 Å². The molecule has 0 atom stereocenters. The van der Waals surface area contributed by atoms with E-state index in [1.807, 2.05) is 36.0 Å². The van der Waals surface area contributed by atoms with Crippen molar-refractivity contribution in [2.75, 3.05) is 6.54 Å². The van der Waals surface area contributed by atoms with E-state index in [1.165, 1.54) is 5.69 Å². The molecule has 0 unspecified atom stereocenters. The summed E-state index contributed by atoms with van der Waals surface area (Å²) in [6.45, 7) is 6.62. The third-order valence-electron chi connectivity index (χ3n) is 2.83. The number of rotatable bonds is 5. The molecule has 0 aliphatic heterocycles. The molecule has 2 aromatic heterocycles. The predicted octanol–water partition coefficient (Wildman–Crippen LogP) is 2.45. The van der Waals surface area contributed by atoms with Gasteiger partial charge in [0.1, 0.15) is 0 Å². The SMILES string of the molecule is Cc1nn(CCNCc2ccccn2)c(C)c1Br. The molecule has 2 aromatic rings. The fraction of sp³-hybridized carbons (Fsp3) is 0.385. The standard InChI is InChI=1S/C13H17BrN4/c1-10-13(14)11(2)18(17-10)8-7-15-9-12-5-3-4-6-16-12/h3-6,15H,7-9H2,1-2H3. The second-order valence-corrected chi connectivity index (χ2v) is 5.00. The first-order valence-corrected chi connectivity index (χ1v) is 6.78. The van der Waals surface area contributed by atoms with Crippen LogP contribution in [0.4, 0.5) is 0 Å². The molecule has 0 saturated heterocycles. The Morgan fingerprint density at radius 3 is 2.78 bits per heavy atom. The zero-order valence-corrected chi connectivity index (χ0v) is 12.2. The van der Waals surface area contributed by atoms with Crippen molar-refractivity contribution in [2.45, 2.75) is 26.9 Å². The molecule has 4 nitrogen and oxygen atoms in total. The van der Waals surface area contributed by atoms with Crippen LogP contribution in [0.25, 0.3) is 0 Å². The van der Waals surface area contributed by atoms with Crippen LogP contribution in [0.1, 0.15) is 17.1 Å². The van der Waals surface area contributed by atoms with Crippen LogP contribution in [-0.4, -0.2) is 21.3 Å². The van der Waals surface area contributed by atoms with E-state index in [0.717, 1.165) is 35.5 Å². The Balaban J connectivity index is 1.80. The highest BCUT2D eigenvalue weighted by atomic mass is 79.9. The summed E-state index contributed by atoms with van der Waals surface area (Å²) in [7, 11) is 0. The molecule has 2 rings (SSSR count). The van der Waals surface area contributed by atoms with E-state index in [4.69, 9.17) is 0 Å². The van der Waals surface area contributed by atoms with E-state index in [1.54, 1.807) is 0 Å². The molecule has 2 heterocycles. The molecule has 0 aromatic carbocycles. The molecule has 5 heteroatoms. The van der Waals surface area contributed by atoms with Crippen molar-refractivity contribution in [3.8, 4) is 0 Å². The average molecular weight is 309 g/mol. The smallest absolute Gasteiger partial charge is 0.0738 e. The number of halogens is 1. The molecule has 0 bridgehead atoms. The van der Waals surface area contributed by atoms with E-state index < -0.39 is 0 Å². The lowest BCUT2D eigenvalue weighted by Crippen LogP contribution is -2.21. The number of nitrogens with zero attached hydrogens (tertiary/aromatic N) is 3. The Bertz CT molecular complexity index is 507. The number of aryl methyl sites for hydroxylation is 1. The summed E-state index contributed by atoms with van der Waals surface area (Å²) in [5.74, 6) is 0. The molecular formula is C13H17BrN4. The van der Waals surface area contributed by atoms with Crippen molar-refractivity contribution in [3.63, 3.8) is 0 Å². The van der Waals surface area contributed by atoms with Crippen molar-refractivity contribution >= 4 is 15.9 Å². The van der Waals surface area contributed by atoms with Gasteiger partial charge >= 0.3 is 0 Å². The zero-order valence-electron chi connectivity index (χ0n) is 10.7. The lowest BCUT2D eigenvalue weighted by molar-refractivity contribution is 0.539. The first-order valence-electron chi connectivity index (χ1n) is 5.98. The molecular weight excluding hydrogens is 292 g/mol. The van der Waals surface area contributed by atoms with E-state index in [-0.39, 0.29) is 0 Å². The molecule has 0 saturated carbocycles. The van der Waals surface area contributed by atoms with Crippen LogP contribution in [0.3, 0.4) is 0 Å². The summed E-state index contributed by atoms with van der Waals surface area (Å²) in [5, 5.41) is 7.84. The summed E-state index contributed by atoms with van der Waals surface area (Å²) >= 11 is 3.53. The van der Waals surface area contributed by atoms with Crippen molar-refractivity contribution in [3.05, 3.63) is 46.0 Å². The van der Waals surface area contributed by atoms with Crippen molar-refractivity contribution < 1.29 is 0 Å². The molecule has 0 aliphatic carbocycles. The van der Waals surface area contributed by atoms with Gasteiger partial charge in [0.15, 0.2) is 0 Å². The maximum Gasteiger partial charge on any atom is 0.0738 e. The lowest BCUT2D eigenvalue weighted by Gasteiger charge is -2.06. The Morgan fingerprint density at radius 2 is 2.17 bits per heavy atom. The Hall–Kier alpha value is -1.20. The summed E-state index contributed by atoms with van der Waals surface area (Å²) in [4.78, 5) is 4.27. The zero-order chi connectivity index (χ0) is 13.0. The van der Waals surface area contributed by atoms with Crippen molar-refractivity contribution in [2.24, 2.45) is 0 Å². The fourth-order valence-corrected chi connectivity index (χ4v) is 2.08. The minimum absolute atomic E-state index is 0.793. The predicted molar refractivity (Wildman–Crippen MR) is 75.3 cm³/mol. The number of pyridine rings is 1. The molecule has 18 heavy (non-hydrogen) atoms. The fourth-order valence-electron chi connectivity index (χ4n) is 1.80. The Kier molecular flexibility index (Phi) is 4.49. The van der Waals surface area contributed by atoms with Gasteiger partial charge in [-0.2, -0.15) is 5.10 Å². The van der Waals surface area contributed by atoms with Gasteiger partial charge in [-0.15, -0.1) is 0 Å². The number of hydrogen-bond donors (Lipinski definition) is 1. The van der Waals surface area contributed by atoms with E-state index in [0.29, 0.717) is 0 Å². The van der Waals surface area contributed by atoms with Gasteiger partial charge in [0.2, 0.25) is 0 Å². The highest BCUT2D eigenvalue weighted by Gasteiger charge is 2.07. The van der Waals surface area contributed by atoms with Crippen LogP contribution < -0.4 is 5.32 Å². The van der Waals surface area contributed by atoms with E-state index >= 15 is 0 Å². The number of aromatic nitrogens is 3. The van der Waals surface area contributed by atoms with Crippen molar-refractivity contribution in [1.29, 1.82) is 0 Å². The van der Waals surface area contributed by atoms with Crippen LogP contribution in [0.5, 0.6) is 0 Å². The van der Waals surface area contributed by atoms with Gasteiger partial charge in [0, 0.05) is 25.0 Å². The highest BCUT2D eigenvalue weighted by Crippen LogP contribution is 2.19. The largest absolute Gasteiger partial charge is 0.309 e. The quantitative estimate of drug-likeness (QED) is 0.863. The normalized spacial score (nSPS) is 10.8. The highest BCUT2D eigenvalue weighted by molar-refractivity contribution is 9.10. The molecule has 0 spiro atoms. The molecule has 0 fully saturated rings. The topological polar surface area (TPSA) is 42.7 Å². The molecule has 0 aliphatic rings. The van der Waals surface area contributed by atoms with E-state index in [9.17, 15) is 0 Å². The minimum Gasteiger partial charge on any atom is -0.309 e. The number of nitrogens with one attached hydrogen (secondary N) is 1. The average Bonchev–Trinajstić information content (AvgIpc) is 2.64. The first-order chi connectivity index (χ1) is 8.68. The maximum absolute atomic E-state index is 4.47. The van der Waals surface area contributed by atoms with Crippen LogP contribution in [0.2, 0.25) is 0 Å². The Labute approximate surface area is 116 Å². The third kappa shape index (κ3) is 3.17. The van der Waals surface area contributed by atoms with Gasteiger partial charge in [-0.05, 0) is 41.9 Å². The van der Waals surface area contributed by atoms with Gasteiger partial charge in [0.05, 0.1) is 22.4 Å². The van der Waals surface area contributed by atoms with Crippen LogP contribution in [-0.2, 0) is 13.1 Å². The molecule has 0 amide bonds. The van der Waals surface area contributed by atoms with E-state index in [2.05, 4.69) is 38.3 Å². The van der Waals surface area contributed by atoms with Gasteiger partial charge < -0.3 is 5.32 Å². The third-order valence-corrected chi connectivity index (χ3v) is 3.97. The summed E-state index contributed by atoms with van der Waals surface area (Å²) in [6.07, 6.45) is 1.81. The van der Waals surface area contributed by atoms with Crippen molar-refractivity contribution in [1.82, 2.24) is 20.1 Å². The van der Waals surface area contributed by atoms with Crippen LogP contribution in [0, 0.1) is 13.8 Å². The monoisotopic (exact) mass is 308 g/mol. The van der Waals surface area contributed by atoms with Crippen LogP contribution in [0.15, 0.2) is 28.9 Å². The van der Waals surface area contributed by atoms with Gasteiger partial charge in [-0.1, -0.05) is 6.07 Å². The maximum atomic E-state index is 4.47. The summed E-state index contributed by atoms with van der Waals surface area (Å²) in [6, 6.07) is 5.95. The molecule has 96 valence electrons.